The maximum atomic E-state index is 14.7. The van der Waals surface area contributed by atoms with Crippen LogP contribution in [0.15, 0.2) is 59.9 Å². The molecule has 1 saturated heterocycles. The van der Waals surface area contributed by atoms with Crippen LogP contribution in [-0.4, -0.2) is 76.9 Å². The molecule has 1 amide bonds. The molecule has 0 aliphatic carbocycles. The molecule has 6 atom stereocenters. The third-order valence-electron chi connectivity index (χ3n) is 7.50. The zero-order chi connectivity index (χ0) is 37.6. The molecule has 2 aliphatic heterocycles. The number of azide groups is 1. The van der Waals surface area contributed by atoms with E-state index in [-0.39, 0.29) is 18.6 Å². The van der Waals surface area contributed by atoms with E-state index >= 15 is 0 Å². The lowest BCUT2D eigenvalue weighted by Crippen LogP contribution is -2.50. The van der Waals surface area contributed by atoms with E-state index in [1.807, 2.05) is 0 Å². The molecule has 0 saturated carbocycles. The number of allylic oxidation sites excluding steroid dienone is 1. The SMILES string of the molecule is CCC(=O)O[C@H]1[C@H](N2C=CC(=O)CC2=O)O[C@@](COP(=O)(N[C@@H](C)C(=O)OC(C)(C)C)Oc2cccc3ccccc23)(N=[N+]=[N-])[C@H]1OC(=O)CC. The molecular formula is C33H40N5O12P. The lowest BCUT2D eigenvalue weighted by Gasteiger charge is -2.32. The van der Waals surface area contributed by atoms with Gasteiger partial charge in [-0.2, -0.15) is 5.09 Å². The predicted octanol–water partition coefficient (Wildman–Crippen LogP) is 4.98. The molecule has 4 rings (SSSR count). The maximum absolute atomic E-state index is 14.7. The molecule has 2 heterocycles. The Morgan fingerprint density at radius 1 is 1.10 bits per heavy atom. The van der Waals surface area contributed by atoms with Crippen molar-refractivity contribution in [3.63, 3.8) is 0 Å². The number of ketones is 1. The highest BCUT2D eigenvalue weighted by Crippen LogP contribution is 2.50. The standard InChI is InChI=1S/C33H40N5O12P/c1-7-26(41)46-28-29(47-27(42)8-2)33(36-37-34,48-30(28)38-17-16-22(39)18-25(38)40)19-45-51(44,35-20(3)31(43)49-32(4,5)6)50-24-15-11-13-21-12-9-10-14-23(21)24/h9-17,20,28-30H,7-8,18-19H2,1-6H3,(H,35,44)/t20-,28+,29-,30+,33+,51?/m0/s1. The van der Waals surface area contributed by atoms with Crippen molar-refractivity contribution in [2.75, 3.05) is 6.61 Å². The maximum Gasteiger partial charge on any atom is 0.459 e. The minimum Gasteiger partial charge on any atom is -0.459 e. The summed E-state index contributed by atoms with van der Waals surface area (Å²) in [5, 5.41) is 7.57. The van der Waals surface area contributed by atoms with Gasteiger partial charge in [-0.25, -0.2) is 4.57 Å². The Kier molecular flexibility index (Phi) is 12.3. The van der Waals surface area contributed by atoms with Gasteiger partial charge in [0.05, 0.1) is 13.0 Å². The van der Waals surface area contributed by atoms with E-state index in [9.17, 15) is 34.1 Å². The van der Waals surface area contributed by atoms with Gasteiger partial charge in [-0.1, -0.05) is 55.4 Å². The quantitative estimate of drug-likeness (QED) is 0.0516. The van der Waals surface area contributed by atoms with E-state index in [1.54, 1.807) is 57.2 Å². The normalized spacial score (nSPS) is 23.6. The molecule has 1 N–H and O–H groups in total. The topological polar surface area (TPSA) is 222 Å². The van der Waals surface area contributed by atoms with Crippen LogP contribution in [-0.2, 0) is 52.0 Å². The van der Waals surface area contributed by atoms with Crippen LogP contribution in [0.3, 0.4) is 0 Å². The lowest BCUT2D eigenvalue weighted by molar-refractivity contribution is -0.172. The largest absolute Gasteiger partial charge is 0.459 e. The van der Waals surface area contributed by atoms with Crippen LogP contribution in [0.1, 0.15) is 60.8 Å². The Balaban J connectivity index is 1.80. The van der Waals surface area contributed by atoms with Crippen LogP contribution in [0.4, 0.5) is 0 Å². The van der Waals surface area contributed by atoms with Crippen molar-refractivity contribution < 1.29 is 56.5 Å². The molecule has 17 nitrogen and oxygen atoms in total. The first-order chi connectivity index (χ1) is 24.0. The van der Waals surface area contributed by atoms with Crippen LogP contribution in [0.2, 0.25) is 0 Å². The van der Waals surface area contributed by atoms with Crippen molar-refractivity contribution in [3.8, 4) is 5.75 Å². The first-order valence-corrected chi connectivity index (χ1v) is 17.7. The number of ether oxygens (including phenoxy) is 4. The second-order valence-corrected chi connectivity index (χ2v) is 14.3. The van der Waals surface area contributed by atoms with E-state index in [1.165, 1.54) is 26.8 Å². The van der Waals surface area contributed by atoms with Crippen LogP contribution >= 0.6 is 7.75 Å². The molecule has 2 aromatic rings. The summed E-state index contributed by atoms with van der Waals surface area (Å²) in [7, 11) is -4.73. The van der Waals surface area contributed by atoms with Gasteiger partial charge < -0.3 is 23.5 Å². The summed E-state index contributed by atoms with van der Waals surface area (Å²) < 4.78 is 49.4. The minimum absolute atomic E-state index is 0.0841. The monoisotopic (exact) mass is 729 g/mol. The number of hydrogen-bond donors (Lipinski definition) is 1. The molecule has 0 radical (unpaired) electrons. The van der Waals surface area contributed by atoms with Crippen molar-refractivity contribution in [3.05, 3.63) is 65.2 Å². The summed E-state index contributed by atoms with van der Waals surface area (Å²) in [6, 6.07) is 10.7. The number of hydrogen-bond acceptors (Lipinski definition) is 13. The van der Waals surface area contributed by atoms with Crippen LogP contribution < -0.4 is 9.61 Å². The average molecular weight is 730 g/mol. The number of rotatable bonds is 14. The number of esters is 3. The Morgan fingerprint density at radius 3 is 2.41 bits per heavy atom. The lowest BCUT2D eigenvalue weighted by atomic mass is 10.0. The van der Waals surface area contributed by atoms with Crippen molar-refractivity contribution >= 4 is 48.1 Å². The zero-order valence-corrected chi connectivity index (χ0v) is 29.9. The van der Waals surface area contributed by atoms with Crippen LogP contribution in [0.5, 0.6) is 5.75 Å². The summed E-state index contributed by atoms with van der Waals surface area (Å²) in [6.45, 7) is 8.28. The molecule has 274 valence electrons. The second-order valence-electron chi connectivity index (χ2n) is 12.6. The molecule has 1 unspecified atom stereocenters. The molecule has 0 aromatic heterocycles. The first-order valence-electron chi connectivity index (χ1n) is 16.1. The molecular weight excluding hydrogens is 689 g/mol. The number of carbonyl (C=O) groups is 5. The van der Waals surface area contributed by atoms with Gasteiger partial charge in [0.1, 0.15) is 17.4 Å². The second kappa shape index (κ2) is 16.0. The highest BCUT2D eigenvalue weighted by Gasteiger charge is 2.62. The van der Waals surface area contributed by atoms with Gasteiger partial charge in [0, 0.05) is 29.3 Å². The van der Waals surface area contributed by atoms with E-state index in [2.05, 4.69) is 15.1 Å². The molecule has 51 heavy (non-hydrogen) atoms. The van der Waals surface area contributed by atoms with E-state index < -0.39 is 86.2 Å². The fraction of sp³-hybridized carbons (Fsp3) is 0.485. The smallest absolute Gasteiger partial charge is 0.459 e. The van der Waals surface area contributed by atoms with Crippen molar-refractivity contribution in [2.24, 2.45) is 5.11 Å². The Bertz CT molecular complexity index is 1800. The summed E-state index contributed by atoms with van der Waals surface area (Å²) in [4.78, 5) is 67.2. The average Bonchev–Trinajstić information content (AvgIpc) is 3.34. The fourth-order valence-electron chi connectivity index (χ4n) is 5.13. The van der Waals surface area contributed by atoms with Gasteiger partial charge in [0.2, 0.25) is 11.6 Å². The number of carbonyl (C=O) groups excluding carboxylic acids is 5. The van der Waals surface area contributed by atoms with Gasteiger partial charge in [-0.15, -0.1) is 0 Å². The number of fused-ring (bicyclic) bond motifs is 1. The van der Waals surface area contributed by atoms with Gasteiger partial charge >= 0.3 is 25.7 Å². The summed E-state index contributed by atoms with van der Waals surface area (Å²) in [5.74, 6) is -3.64. The third-order valence-corrected chi connectivity index (χ3v) is 9.11. The molecule has 0 bridgehead atoms. The van der Waals surface area contributed by atoms with E-state index in [0.29, 0.717) is 5.39 Å². The predicted molar refractivity (Wildman–Crippen MR) is 179 cm³/mol. The Hall–Kier alpha value is -4.79. The van der Waals surface area contributed by atoms with Gasteiger partial charge in [0.15, 0.2) is 24.2 Å². The van der Waals surface area contributed by atoms with Crippen molar-refractivity contribution in [1.29, 1.82) is 0 Å². The molecule has 18 heteroatoms. The van der Waals surface area contributed by atoms with E-state index in [4.69, 9.17) is 28.0 Å². The van der Waals surface area contributed by atoms with Crippen LogP contribution in [0.25, 0.3) is 21.2 Å². The number of nitrogens with zero attached hydrogens (tertiary/aromatic N) is 4. The third kappa shape index (κ3) is 9.51. The number of benzene rings is 2. The Labute approximate surface area is 293 Å². The summed E-state index contributed by atoms with van der Waals surface area (Å²) >= 11 is 0. The highest BCUT2D eigenvalue weighted by molar-refractivity contribution is 7.52. The van der Waals surface area contributed by atoms with Crippen molar-refractivity contribution in [1.82, 2.24) is 9.99 Å². The minimum atomic E-state index is -4.73. The van der Waals surface area contributed by atoms with Gasteiger partial charge in [-0.05, 0) is 50.8 Å². The molecule has 2 aliphatic rings. The fourth-order valence-corrected chi connectivity index (χ4v) is 6.66. The summed E-state index contributed by atoms with van der Waals surface area (Å²) in [5.41, 5.74) is 6.40. The molecule has 2 aromatic carbocycles. The summed E-state index contributed by atoms with van der Waals surface area (Å²) in [6.07, 6.45) is -3.73. The molecule has 1 fully saturated rings. The number of nitrogens with one attached hydrogen (secondary N) is 1. The Morgan fingerprint density at radius 2 is 1.76 bits per heavy atom. The number of amides is 1. The first kappa shape index (κ1) is 39.0. The zero-order valence-electron chi connectivity index (χ0n) is 29.0. The van der Waals surface area contributed by atoms with Crippen LogP contribution in [0, 0.1) is 0 Å². The van der Waals surface area contributed by atoms with Crippen molar-refractivity contribution in [2.45, 2.75) is 96.6 Å². The molecule has 0 spiro atoms. The van der Waals surface area contributed by atoms with Gasteiger partial charge in [-0.3, -0.25) is 33.4 Å². The van der Waals surface area contributed by atoms with E-state index in [0.717, 1.165) is 22.6 Å². The highest BCUT2D eigenvalue weighted by atomic mass is 31.2. The van der Waals surface area contributed by atoms with Gasteiger partial charge in [0.25, 0.3) is 0 Å².